The minimum atomic E-state index is 0.765. The summed E-state index contributed by atoms with van der Waals surface area (Å²) in [5.41, 5.74) is 10.1. The van der Waals surface area contributed by atoms with Gasteiger partial charge in [0.1, 0.15) is 0 Å². The molecule has 0 aliphatic heterocycles. The predicted molar refractivity (Wildman–Crippen MR) is 70.1 cm³/mol. The van der Waals surface area contributed by atoms with Crippen LogP contribution < -0.4 is 15.5 Å². The van der Waals surface area contributed by atoms with Gasteiger partial charge in [-0.1, -0.05) is 12.1 Å². The van der Waals surface area contributed by atoms with E-state index >= 15 is 0 Å². The molecular formula is C14H17N2O+. The molecule has 2 rings (SSSR count). The van der Waals surface area contributed by atoms with Gasteiger partial charge in [-0.15, -0.1) is 6.58 Å². The van der Waals surface area contributed by atoms with E-state index in [0.29, 0.717) is 0 Å². The van der Waals surface area contributed by atoms with Crippen LogP contribution in [0.1, 0.15) is 11.3 Å². The Bertz CT molecular complexity index is 576. The third-order valence-corrected chi connectivity index (χ3v) is 2.98. The summed E-state index contributed by atoms with van der Waals surface area (Å²) in [6.07, 6.45) is 2.62. The zero-order chi connectivity index (χ0) is 12.4. The Hall–Kier alpha value is -2.03. The largest absolute Gasteiger partial charge is 0.490 e. The van der Waals surface area contributed by atoms with E-state index in [2.05, 4.69) is 11.6 Å². The molecule has 0 saturated heterocycles. The fourth-order valence-electron chi connectivity index (χ4n) is 2.09. The number of anilines is 1. The SMILES string of the molecule is C=CCc1c(C)[nH+]c2c(OC)cccc2c1N. The Kier molecular flexibility index (Phi) is 3.00. The molecule has 1 aromatic carbocycles. The molecule has 0 radical (unpaired) electrons. The average molecular weight is 229 g/mol. The van der Waals surface area contributed by atoms with Crippen molar-refractivity contribution in [2.75, 3.05) is 12.8 Å². The van der Waals surface area contributed by atoms with Gasteiger partial charge in [-0.25, -0.2) is 4.98 Å². The molecule has 3 nitrogen and oxygen atoms in total. The van der Waals surface area contributed by atoms with E-state index in [0.717, 1.165) is 40.0 Å². The van der Waals surface area contributed by atoms with Gasteiger partial charge in [-0.3, -0.25) is 0 Å². The highest BCUT2D eigenvalue weighted by Crippen LogP contribution is 2.29. The van der Waals surface area contributed by atoms with Crippen LogP contribution >= 0.6 is 0 Å². The zero-order valence-electron chi connectivity index (χ0n) is 10.2. The van der Waals surface area contributed by atoms with Gasteiger partial charge < -0.3 is 10.5 Å². The molecule has 0 amide bonds. The van der Waals surface area contributed by atoms with Crippen molar-refractivity contribution < 1.29 is 9.72 Å². The summed E-state index contributed by atoms with van der Waals surface area (Å²) < 4.78 is 5.33. The Morgan fingerprint density at radius 2 is 2.24 bits per heavy atom. The van der Waals surface area contributed by atoms with E-state index in [4.69, 9.17) is 10.5 Å². The molecule has 1 heterocycles. The van der Waals surface area contributed by atoms with Gasteiger partial charge in [-0.2, -0.15) is 0 Å². The molecule has 0 aliphatic carbocycles. The molecule has 3 N–H and O–H groups in total. The van der Waals surface area contributed by atoms with Crippen LogP contribution in [0.2, 0.25) is 0 Å². The summed E-state index contributed by atoms with van der Waals surface area (Å²) in [7, 11) is 1.66. The molecule has 0 bridgehead atoms. The minimum absolute atomic E-state index is 0.765. The van der Waals surface area contributed by atoms with E-state index < -0.39 is 0 Å². The summed E-state index contributed by atoms with van der Waals surface area (Å²) in [6, 6.07) is 5.86. The van der Waals surface area contributed by atoms with E-state index in [1.165, 1.54) is 0 Å². The number of pyridine rings is 1. The number of nitrogen functional groups attached to an aromatic ring is 1. The maximum absolute atomic E-state index is 6.21. The molecule has 0 aliphatic rings. The number of ether oxygens (including phenoxy) is 1. The van der Waals surface area contributed by atoms with Crippen molar-refractivity contribution in [3.05, 3.63) is 42.1 Å². The zero-order valence-corrected chi connectivity index (χ0v) is 10.2. The van der Waals surface area contributed by atoms with Crippen LogP contribution in [-0.4, -0.2) is 7.11 Å². The van der Waals surface area contributed by atoms with E-state index in [1.54, 1.807) is 7.11 Å². The third-order valence-electron chi connectivity index (χ3n) is 2.98. The number of hydrogen-bond donors (Lipinski definition) is 1. The quantitative estimate of drug-likeness (QED) is 0.821. The maximum atomic E-state index is 6.21. The number of allylic oxidation sites excluding steroid dienone is 1. The summed E-state index contributed by atoms with van der Waals surface area (Å²) in [5.74, 6) is 0.808. The van der Waals surface area contributed by atoms with E-state index in [-0.39, 0.29) is 0 Å². The van der Waals surface area contributed by atoms with Crippen molar-refractivity contribution in [3.8, 4) is 5.75 Å². The van der Waals surface area contributed by atoms with Gasteiger partial charge in [0.25, 0.3) is 5.52 Å². The van der Waals surface area contributed by atoms with Gasteiger partial charge in [0.15, 0.2) is 11.4 Å². The van der Waals surface area contributed by atoms with Crippen LogP contribution in [0.3, 0.4) is 0 Å². The van der Waals surface area contributed by atoms with Gasteiger partial charge in [0, 0.05) is 12.5 Å². The number of aryl methyl sites for hydroxylation is 1. The summed E-state index contributed by atoms with van der Waals surface area (Å²) in [5, 5.41) is 0.992. The van der Waals surface area contributed by atoms with Crippen molar-refractivity contribution in [3.63, 3.8) is 0 Å². The number of para-hydroxylation sites is 1. The Labute approximate surface area is 101 Å². The lowest BCUT2D eigenvalue weighted by Gasteiger charge is -2.07. The second-order valence-electron chi connectivity index (χ2n) is 4.02. The number of methoxy groups -OCH3 is 1. The first-order chi connectivity index (χ1) is 8.19. The summed E-state index contributed by atoms with van der Waals surface area (Å²) in [6.45, 7) is 5.77. The Balaban J connectivity index is 2.80. The van der Waals surface area contributed by atoms with Crippen molar-refractivity contribution >= 4 is 16.6 Å². The molecule has 0 fully saturated rings. The molecule has 0 spiro atoms. The summed E-state index contributed by atoms with van der Waals surface area (Å²) in [4.78, 5) is 3.35. The number of H-pyrrole nitrogens is 1. The van der Waals surface area contributed by atoms with Crippen LogP contribution in [-0.2, 0) is 6.42 Å². The molecule has 0 atom stereocenters. The van der Waals surface area contributed by atoms with Crippen LogP contribution in [0, 0.1) is 6.92 Å². The van der Waals surface area contributed by atoms with Gasteiger partial charge in [0.2, 0.25) is 0 Å². The number of benzene rings is 1. The lowest BCUT2D eigenvalue weighted by Crippen LogP contribution is -2.15. The molecule has 0 unspecified atom stereocenters. The van der Waals surface area contributed by atoms with Gasteiger partial charge in [0.05, 0.1) is 18.2 Å². The van der Waals surface area contributed by atoms with Gasteiger partial charge >= 0.3 is 0 Å². The smallest absolute Gasteiger partial charge is 0.255 e. The van der Waals surface area contributed by atoms with Crippen LogP contribution in [0.25, 0.3) is 10.9 Å². The fourth-order valence-corrected chi connectivity index (χ4v) is 2.09. The number of aromatic nitrogens is 1. The second-order valence-corrected chi connectivity index (χ2v) is 4.02. The first kappa shape index (κ1) is 11.5. The molecule has 0 saturated carbocycles. The average Bonchev–Trinajstić information content (AvgIpc) is 2.34. The van der Waals surface area contributed by atoms with Crippen molar-refractivity contribution in [2.45, 2.75) is 13.3 Å². The first-order valence-electron chi connectivity index (χ1n) is 5.57. The fraction of sp³-hybridized carbons (Fsp3) is 0.214. The summed E-state index contributed by atoms with van der Waals surface area (Å²) >= 11 is 0. The van der Waals surface area contributed by atoms with Crippen LogP contribution in [0.5, 0.6) is 5.75 Å². The van der Waals surface area contributed by atoms with Crippen molar-refractivity contribution in [1.29, 1.82) is 0 Å². The van der Waals surface area contributed by atoms with E-state index in [1.807, 2.05) is 31.2 Å². The monoisotopic (exact) mass is 229 g/mol. The maximum Gasteiger partial charge on any atom is 0.255 e. The Morgan fingerprint density at radius 3 is 2.88 bits per heavy atom. The highest BCUT2D eigenvalue weighted by Gasteiger charge is 2.17. The molecule has 1 aromatic heterocycles. The lowest BCUT2D eigenvalue weighted by atomic mass is 10.0. The van der Waals surface area contributed by atoms with Crippen molar-refractivity contribution in [1.82, 2.24) is 0 Å². The standard InChI is InChI=1S/C14H16N2O/c1-4-6-10-9(2)16-14-11(13(10)15)7-5-8-12(14)17-3/h4-5,7-8H,1,6H2,2-3H3,(H2,15,16)/p+1. The highest BCUT2D eigenvalue weighted by molar-refractivity contribution is 5.93. The number of nitrogens with two attached hydrogens (primary N) is 1. The molecule has 88 valence electrons. The molecule has 2 aromatic rings. The van der Waals surface area contributed by atoms with Crippen LogP contribution in [0.4, 0.5) is 5.69 Å². The normalized spacial score (nSPS) is 10.5. The first-order valence-corrected chi connectivity index (χ1v) is 5.57. The number of fused-ring (bicyclic) bond motifs is 1. The second kappa shape index (κ2) is 4.45. The molecular weight excluding hydrogens is 212 g/mol. The van der Waals surface area contributed by atoms with Gasteiger partial charge in [-0.05, 0) is 18.6 Å². The topological polar surface area (TPSA) is 49.4 Å². The molecule has 3 heteroatoms. The lowest BCUT2D eigenvalue weighted by molar-refractivity contribution is -0.355. The van der Waals surface area contributed by atoms with Crippen molar-refractivity contribution in [2.24, 2.45) is 0 Å². The van der Waals surface area contributed by atoms with E-state index in [9.17, 15) is 0 Å². The number of hydrogen-bond acceptors (Lipinski definition) is 2. The highest BCUT2D eigenvalue weighted by atomic mass is 16.5. The number of rotatable bonds is 3. The Morgan fingerprint density at radius 1 is 1.47 bits per heavy atom. The number of nitrogens with one attached hydrogen (secondary N) is 1. The number of aromatic amines is 1. The predicted octanol–water partition coefficient (Wildman–Crippen LogP) is 2.28. The minimum Gasteiger partial charge on any atom is -0.490 e. The molecule has 17 heavy (non-hydrogen) atoms. The third kappa shape index (κ3) is 1.84. The van der Waals surface area contributed by atoms with Crippen LogP contribution in [0.15, 0.2) is 30.9 Å².